The molecule has 0 aliphatic rings. The van der Waals surface area contributed by atoms with Crippen LogP contribution >= 0.6 is 23.1 Å². The third-order valence-corrected chi connectivity index (χ3v) is 5.25. The summed E-state index contributed by atoms with van der Waals surface area (Å²) in [5.41, 5.74) is 1.66. The number of aromatic amines is 1. The fourth-order valence-corrected chi connectivity index (χ4v) is 4.09. The van der Waals surface area contributed by atoms with Gasteiger partial charge >= 0.3 is 5.97 Å². The number of carbonyl (C=O) groups is 1. The summed E-state index contributed by atoms with van der Waals surface area (Å²) in [7, 11) is 0. The zero-order valence-corrected chi connectivity index (χ0v) is 14.9. The fourth-order valence-electron chi connectivity index (χ4n) is 2.29. The van der Waals surface area contributed by atoms with Crippen LogP contribution in [0.25, 0.3) is 21.3 Å². The predicted molar refractivity (Wildman–Crippen MR) is 97.6 cm³/mol. The van der Waals surface area contributed by atoms with Gasteiger partial charge in [-0.15, -0.1) is 11.3 Å². The van der Waals surface area contributed by atoms with E-state index in [1.54, 1.807) is 13.8 Å². The average molecular weight is 360 g/mol. The first-order valence-electron chi connectivity index (χ1n) is 7.50. The molecule has 124 valence electrons. The molecule has 0 aliphatic heterocycles. The molecule has 1 aromatic carbocycles. The van der Waals surface area contributed by atoms with Crippen LogP contribution in [0.2, 0.25) is 0 Å². The molecule has 1 N–H and O–H groups in total. The molecule has 0 saturated heterocycles. The van der Waals surface area contributed by atoms with Gasteiger partial charge in [0, 0.05) is 10.9 Å². The maximum atomic E-state index is 12.5. The van der Waals surface area contributed by atoms with Crippen LogP contribution in [-0.4, -0.2) is 27.8 Å². The van der Waals surface area contributed by atoms with Crippen molar-refractivity contribution in [3.63, 3.8) is 0 Å². The van der Waals surface area contributed by atoms with E-state index in [9.17, 15) is 9.59 Å². The first kappa shape index (κ1) is 16.7. The van der Waals surface area contributed by atoms with Crippen molar-refractivity contribution in [1.82, 2.24) is 9.97 Å². The zero-order valence-electron chi connectivity index (χ0n) is 13.2. The second-order valence-corrected chi connectivity index (χ2v) is 7.27. The molecule has 2 aromatic heterocycles. The Balaban J connectivity index is 1.95. The summed E-state index contributed by atoms with van der Waals surface area (Å²) >= 11 is 2.61. The first-order chi connectivity index (χ1) is 11.6. The number of thiophene rings is 1. The van der Waals surface area contributed by atoms with Gasteiger partial charge in [0.25, 0.3) is 5.56 Å². The Morgan fingerprint density at radius 3 is 2.83 bits per heavy atom. The molecule has 5 nitrogen and oxygen atoms in total. The van der Waals surface area contributed by atoms with Crippen molar-refractivity contribution in [2.75, 3.05) is 6.61 Å². The highest BCUT2D eigenvalue weighted by atomic mass is 32.2. The van der Waals surface area contributed by atoms with Crippen molar-refractivity contribution in [3.8, 4) is 11.1 Å². The molecule has 3 rings (SSSR count). The summed E-state index contributed by atoms with van der Waals surface area (Å²) in [6.45, 7) is 3.83. The Bertz CT molecular complexity index is 918. The van der Waals surface area contributed by atoms with E-state index in [2.05, 4.69) is 9.97 Å². The first-order valence-corrected chi connectivity index (χ1v) is 9.26. The summed E-state index contributed by atoms with van der Waals surface area (Å²) in [5, 5.41) is 2.51. The Morgan fingerprint density at radius 1 is 1.38 bits per heavy atom. The molecule has 1 atom stereocenters. The van der Waals surface area contributed by atoms with E-state index >= 15 is 0 Å². The fraction of sp³-hybridized carbons (Fsp3) is 0.235. The van der Waals surface area contributed by atoms with Crippen LogP contribution in [0, 0.1) is 0 Å². The molecule has 0 saturated carbocycles. The Morgan fingerprint density at radius 2 is 2.12 bits per heavy atom. The van der Waals surface area contributed by atoms with Crippen molar-refractivity contribution in [3.05, 3.63) is 46.1 Å². The summed E-state index contributed by atoms with van der Waals surface area (Å²) in [5.74, 6) is -0.318. The number of hydrogen-bond acceptors (Lipinski definition) is 6. The van der Waals surface area contributed by atoms with Crippen LogP contribution in [0.5, 0.6) is 0 Å². The Hall–Kier alpha value is -2.12. The number of esters is 1. The third-order valence-electron chi connectivity index (χ3n) is 3.41. The molecule has 3 aromatic rings. The number of nitrogens with one attached hydrogen (secondary N) is 1. The van der Waals surface area contributed by atoms with Gasteiger partial charge in [0.15, 0.2) is 5.16 Å². The van der Waals surface area contributed by atoms with E-state index in [0.717, 1.165) is 11.1 Å². The molecule has 0 aliphatic carbocycles. The highest BCUT2D eigenvalue weighted by Crippen LogP contribution is 2.31. The quantitative estimate of drug-likeness (QED) is 0.427. The topological polar surface area (TPSA) is 72.0 Å². The number of hydrogen-bond donors (Lipinski definition) is 1. The number of thioether (sulfide) groups is 1. The lowest BCUT2D eigenvalue weighted by Gasteiger charge is -2.09. The minimum absolute atomic E-state index is 0.196. The van der Waals surface area contributed by atoms with Crippen molar-refractivity contribution in [1.29, 1.82) is 0 Å². The Kier molecular flexibility index (Phi) is 5.01. The number of rotatable bonds is 5. The molecule has 24 heavy (non-hydrogen) atoms. The maximum Gasteiger partial charge on any atom is 0.319 e. The number of H-pyrrole nitrogens is 1. The van der Waals surface area contributed by atoms with Gasteiger partial charge in [0.05, 0.1) is 12.0 Å². The van der Waals surface area contributed by atoms with Crippen molar-refractivity contribution in [2.24, 2.45) is 0 Å². The molecule has 0 radical (unpaired) electrons. The molecule has 0 amide bonds. The summed E-state index contributed by atoms with van der Waals surface area (Å²) in [6, 6.07) is 9.74. The lowest BCUT2D eigenvalue weighted by Crippen LogP contribution is -2.18. The standard InChI is InChI=1S/C17H16N2O3S2/c1-3-22-16(21)10(2)24-17-18-14(20)13-12(9-23-15(13)19-17)11-7-5-4-6-8-11/h4-10H,3H2,1-2H3,(H,18,19,20)/t10-/m0/s1. The molecule has 0 fully saturated rings. The maximum absolute atomic E-state index is 12.5. The average Bonchev–Trinajstić information content (AvgIpc) is 3.00. The van der Waals surface area contributed by atoms with E-state index in [0.29, 0.717) is 22.0 Å². The number of nitrogens with zero attached hydrogens (tertiary/aromatic N) is 1. The highest BCUT2D eigenvalue weighted by molar-refractivity contribution is 8.00. The largest absolute Gasteiger partial charge is 0.465 e. The molecule has 0 spiro atoms. The summed E-state index contributed by atoms with van der Waals surface area (Å²) in [4.78, 5) is 32.2. The monoisotopic (exact) mass is 360 g/mol. The highest BCUT2D eigenvalue weighted by Gasteiger charge is 2.19. The number of carbonyl (C=O) groups excluding carboxylic acids is 1. The summed E-state index contributed by atoms with van der Waals surface area (Å²) < 4.78 is 4.98. The van der Waals surface area contributed by atoms with E-state index in [-0.39, 0.29) is 11.5 Å². The van der Waals surface area contributed by atoms with Gasteiger partial charge in [-0.1, -0.05) is 42.1 Å². The van der Waals surface area contributed by atoms with Crippen molar-refractivity contribution < 1.29 is 9.53 Å². The van der Waals surface area contributed by atoms with Crippen LogP contribution in [0.1, 0.15) is 13.8 Å². The lowest BCUT2D eigenvalue weighted by atomic mass is 10.1. The van der Waals surface area contributed by atoms with Crippen LogP contribution in [0.3, 0.4) is 0 Å². The molecular weight excluding hydrogens is 344 g/mol. The number of aromatic nitrogens is 2. The minimum Gasteiger partial charge on any atom is -0.465 e. The zero-order chi connectivity index (χ0) is 17.1. The van der Waals surface area contributed by atoms with Crippen LogP contribution in [0.4, 0.5) is 0 Å². The van der Waals surface area contributed by atoms with E-state index in [1.807, 2.05) is 35.7 Å². The van der Waals surface area contributed by atoms with Gasteiger partial charge in [0.2, 0.25) is 0 Å². The van der Waals surface area contributed by atoms with Gasteiger partial charge < -0.3 is 9.72 Å². The molecule has 0 unspecified atom stereocenters. The predicted octanol–water partition coefficient (Wildman–Crippen LogP) is 3.70. The SMILES string of the molecule is CCOC(=O)[C@H](C)Sc1nc2scc(-c3ccccc3)c2c(=O)[nH]1. The number of fused-ring (bicyclic) bond motifs is 1. The third kappa shape index (κ3) is 3.37. The minimum atomic E-state index is -0.431. The summed E-state index contributed by atoms with van der Waals surface area (Å²) in [6.07, 6.45) is 0. The second kappa shape index (κ2) is 7.19. The van der Waals surface area contributed by atoms with Crippen LogP contribution < -0.4 is 5.56 Å². The van der Waals surface area contributed by atoms with Gasteiger partial charge in [-0.2, -0.15) is 0 Å². The van der Waals surface area contributed by atoms with Crippen LogP contribution in [0.15, 0.2) is 45.7 Å². The Labute approximate surface area is 147 Å². The van der Waals surface area contributed by atoms with Gasteiger partial charge in [-0.25, -0.2) is 4.98 Å². The smallest absolute Gasteiger partial charge is 0.319 e. The number of ether oxygens (including phenoxy) is 1. The van der Waals surface area contributed by atoms with Crippen molar-refractivity contribution >= 4 is 39.3 Å². The van der Waals surface area contributed by atoms with E-state index in [1.165, 1.54) is 23.1 Å². The normalized spacial score (nSPS) is 12.2. The molecule has 7 heteroatoms. The van der Waals surface area contributed by atoms with Crippen molar-refractivity contribution in [2.45, 2.75) is 24.3 Å². The lowest BCUT2D eigenvalue weighted by molar-refractivity contribution is -0.142. The molecule has 2 heterocycles. The van der Waals surface area contributed by atoms with Gasteiger partial charge in [-0.3, -0.25) is 9.59 Å². The van der Waals surface area contributed by atoms with E-state index < -0.39 is 5.25 Å². The molecule has 0 bridgehead atoms. The molecular formula is C17H16N2O3S2. The van der Waals surface area contributed by atoms with Gasteiger partial charge in [0.1, 0.15) is 10.1 Å². The second-order valence-electron chi connectivity index (χ2n) is 5.08. The van der Waals surface area contributed by atoms with Crippen LogP contribution in [-0.2, 0) is 9.53 Å². The van der Waals surface area contributed by atoms with E-state index in [4.69, 9.17) is 4.74 Å². The number of benzene rings is 1. The van der Waals surface area contributed by atoms with Gasteiger partial charge in [-0.05, 0) is 19.4 Å².